The number of sulfonamides is 1. The fourth-order valence-corrected chi connectivity index (χ4v) is 3.68. The van der Waals surface area contributed by atoms with Crippen molar-refractivity contribution >= 4 is 60.4 Å². The van der Waals surface area contributed by atoms with E-state index in [4.69, 9.17) is 29.6 Å². The highest BCUT2D eigenvalue weighted by molar-refractivity contribution is 9.10. The van der Waals surface area contributed by atoms with E-state index in [-0.39, 0.29) is 20.6 Å². The molecule has 0 heterocycles. The molecule has 3 N–H and O–H groups in total. The molecule has 0 fully saturated rings. The SMILES string of the molecule is NC(=S)c1ccc(NS(=O)(=O)c2cccc(Br)c2)c(Cl)c1. The Hall–Kier alpha value is -1.15. The first-order chi connectivity index (χ1) is 9.79. The fraction of sp³-hybridized carbons (Fsp3) is 0. The number of hydrogen-bond acceptors (Lipinski definition) is 3. The maximum absolute atomic E-state index is 12.3. The Labute approximate surface area is 141 Å². The molecule has 0 unspecified atom stereocenters. The van der Waals surface area contributed by atoms with Crippen molar-refractivity contribution in [2.45, 2.75) is 4.90 Å². The Bertz CT molecular complexity index is 810. The van der Waals surface area contributed by atoms with Gasteiger partial charge in [0.1, 0.15) is 4.99 Å². The molecule has 110 valence electrons. The summed E-state index contributed by atoms with van der Waals surface area (Å²) in [5, 5.41) is 0.221. The Morgan fingerprint density at radius 2 is 1.95 bits per heavy atom. The smallest absolute Gasteiger partial charge is 0.261 e. The first kappa shape index (κ1) is 16.2. The van der Waals surface area contributed by atoms with E-state index in [2.05, 4.69) is 20.7 Å². The summed E-state index contributed by atoms with van der Waals surface area (Å²) in [6, 6.07) is 11.0. The number of thiocarbonyl (C=S) groups is 1. The van der Waals surface area contributed by atoms with Gasteiger partial charge in [0.25, 0.3) is 10.0 Å². The van der Waals surface area contributed by atoms with Crippen LogP contribution in [0.4, 0.5) is 5.69 Å². The average Bonchev–Trinajstić information content (AvgIpc) is 2.40. The summed E-state index contributed by atoms with van der Waals surface area (Å²) in [5.74, 6) is 0. The number of hydrogen-bond donors (Lipinski definition) is 2. The van der Waals surface area contributed by atoms with Crippen molar-refractivity contribution in [3.63, 3.8) is 0 Å². The maximum atomic E-state index is 12.3. The lowest BCUT2D eigenvalue weighted by Crippen LogP contribution is -2.14. The quantitative estimate of drug-likeness (QED) is 0.763. The number of anilines is 1. The number of rotatable bonds is 4. The summed E-state index contributed by atoms with van der Waals surface area (Å²) in [5.41, 5.74) is 6.33. The Morgan fingerprint density at radius 3 is 2.52 bits per heavy atom. The van der Waals surface area contributed by atoms with Crippen molar-refractivity contribution in [2.75, 3.05) is 4.72 Å². The van der Waals surface area contributed by atoms with Crippen molar-refractivity contribution in [1.29, 1.82) is 0 Å². The van der Waals surface area contributed by atoms with Crippen LogP contribution in [-0.2, 0) is 10.0 Å². The lowest BCUT2D eigenvalue weighted by molar-refractivity contribution is 0.601. The average molecular weight is 406 g/mol. The van der Waals surface area contributed by atoms with Gasteiger partial charge in [-0.2, -0.15) is 0 Å². The zero-order chi connectivity index (χ0) is 15.6. The summed E-state index contributed by atoms with van der Waals surface area (Å²) >= 11 is 14.1. The molecule has 21 heavy (non-hydrogen) atoms. The highest BCUT2D eigenvalue weighted by atomic mass is 79.9. The van der Waals surface area contributed by atoms with Gasteiger partial charge >= 0.3 is 0 Å². The van der Waals surface area contributed by atoms with Gasteiger partial charge in [0.2, 0.25) is 0 Å². The number of benzene rings is 2. The van der Waals surface area contributed by atoms with Crippen LogP contribution in [0.3, 0.4) is 0 Å². The maximum Gasteiger partial charge on any atom is 0.261 e. The highest BCUT2D eigenvalue weighted by Gasteiger charge is 2.16. The molecule has 0 saturated carbocycles. The fourth-order valence-electron chi connectivity index (χ4n) is 1.59. The third-order valence-electron chi connectivity index (χ3n) is 2.60. The monoisotopic (exact) mass is 404 g/mol. The molecule has 4 nitrogen and oxygen atoms in total. The summed E-state index contributed by atoms with van der Waals surface area (Å²) < 4.78 is 27.7. The van der Waals surface area contributed by atoms with Crippen LogP contribution in [0.2, 0.25) is 5.02 Å². The predicted octanol–water partition coefficient (Wildman–Crippen LogP) is 3.54. The second kappa shape index (κ2) is 6.31. The predicted molar refractivity (Wildman–Crippen MR) is 92.3 cm³/mol. The van der Waals surface area contributed by atoms with Gasteiger partial charge in [0.15, 0.2) is 0 Å². The van der Waals surface area contributed by atoms with Gasteiger partial charge < -0.3 is 5.73 Å². The first-order valence-electron chi connectivity index (χ1n) is 5.67. The minimum absolute atomic E-state index is 0.131. The third kappa shape index (κ3) is 3.94. The Kier molecular flexibility index (Phi) is 4.88. The van der Waals surface area contributed by atoms with E-state index >= 15 is 0 Å². The summed E-state index contributed by atoms with van der Waals surface area (Å²) in [6.07, 6.45) is 0. The molecular formula is C13H10BrClN2O2S2. The third-order valence-corrected chi connectivity index (χ3v) is 5.01. The van der Waals surface area contributed by atoms with Gasteiger partial charge in [-0.25, -0.2) is 8.42 Å². The van der Waals surface area contributed by atoms with Crippen molar-refractivity contribution in [1.82, 2.24) is 0 Å². The highest BCUT2D eigenvalue weighted by Crippen LogP contribution is 2.26. The molecule has 2 aromatic carbocycles. The van der Waals surface area contributed by atoms with E-state index in [1.807, 2.05) is 0 Å². The number of nitrogens with two attached hydrogens (primary N) is 1. The van der Waals surface area contributed by atoms with Crippen LogP contribution in [0, 0.1) is 0 Å². The molecule has 2 rings (SSSR count). The molecule has 0 amide bonds. The second-order valence-corrected chi connectivity index (χ2v) is 7.57. The number of halogens is 2. The van der Waals surface area contributed by atoms with Crippen molar-refractivity contribution in [2.24, 2.45) is 5.73 Å². The zero-order valence-electron chi connectivity index (χ0n) is 10.5. The lowest BCUT2D eigenvalue weighted by atomic mass is 10.2. The molecule has 0 saturated heterocycles. The number of nitrogens with one attached hydrogen (secondary N) is 1. The van der Waals surface area contributed by atoms with Crippen LogP contribution in [0.1, 0.15) is 5.56 Å². The van der Waals surface area contributed by atoms with E-state index in [1.54, 1.807) is 18.2 Å². The van der Waals surface area contributed by atoms with Crippen LogP contribution in [-0.4, -0.2) is 13.4 Å². The molecule has 0 atom stereocenters. The van der Waals surface area contributed by atoms with Gasteiger partial charge in [-0.3, -0.25) is 4.72 Å². The van der Waals surface area contributed by atoms with Crippen molar-refractivity contribution in [3.05, 3.63) is 57.5 Å². The molecule has 0 aliphatic rings. The standard InChI is InChI=1S/C13H10BrClN2O2S2/c14-9-2-1-3-10(7-9)21(18,19)17-12-5-4-8(13(16)20)6-11(12)15/h1-7,17H,(H2,16,20). The zero-order valence-corrected chi connectivity index (χ0v) is 14.5. The molecule has 2 aromatic rings. The largest absolute Gasteiger partial charge is 0.389 e. The van der Waals surface area contributed by atoms with Crippen LogP contribution >= 0.6 is 39.7 Å². The van der Waals surface area contributed by atoms with E-state index < -0.39 is 10.0 Å². The summed E-state index contributed by atoms with van der Waals surface area (Å²) in [4.78, 5) is 0.324. The molecule has 0 spiro atoms. The summed E-state index contributed by atoms with van der Waals surface area (Å²) in [6.45, 7) is 0. The van der Waals surface area contributed by atoms with Gasteiger partial charge in [-0.15, -0.1) is 0 Å². The second-order valence-electron chi connectivity index (χ2n) is 4.12. The van der Waals surface area contributed by atoms with E-state index in [0.29, 0.717) is 10.0 Å². The van der Waals surface area contributed by atoms with E-state index in [0.717, 1.165) is 0 Å². The minimum Gasteiger partial charge on any atom is -0.389 e. The lowest BCUT2D eigenvalue weighted by Gasteiger charge is -2.11. The first-order valence-corrected chi connectivity index (χ1v) is 8.73. The molecular weight excluding hydrogens is 396 g/mol. The van der Waals surface area contributed by atoms with Crippen LogP contribution in [0.15, 0.2) is 51.8 Å². The normalized spacial score (nSPS) is 11.1. The van der Waals surface area contributed by atoms with E-state index in [1.165, 1.54) is 24.3 Å². The Balaban J connectivity index is 2.35. The van der Waals surface area contributed by atoms with Gasteiger partial charge in [-0.05, 0) is 36.4 Å². The van der Waals surface area contributed by atoms with Crippen LogP contribution < -0.4 is 10.5 Å². The molecule has 0 aliphatic heterocycles. The van der Waals surface area contributed by atoms with Crippen molar-refractivity contribution in [3.8, 4) is 0 Å². The molecule has 0 radical (unpaired) electrons. The van der Waals surface area contributed by atoms with Crippen LogP contribution in [0.25, 0.3) is 0 Å². The topological polar surface area (TPSA) is 72.2 Å². The van der Waals surface area contributed by atoms with Crippen molar-refractivity contribution < 1.29 is 8.42 Å². The molecule has 0 aliphatic carbocycles. The van der Waals surface area contributed by atoms with E-state index in [9.17, 15) is 8.42 Å². The van der Waals surface area contributed by atoms with Gasteiger partial charge in [0, 0.05) is 10.0 Å². The summed E-state index contributed by atoms with van der Waals surface area (Å²) in [7, 11) is -3.72. The van der Waals surface area contributed by atoms with Gasteiger partial charge in [-0.1, -0.05) is 45.8 Å². The minimum atomic E-state index is -3.72. The molecule has 8 heteroatoms. The Morgan fingerprint density at radius 1 is 1.24 bits per heavy atom. The van der Waals surface area contributed by atoms with Gasteiger partial charge in [0.05, 0.1) is 15.6 Å². The molecule has 0 aromatic heterocycles. The molecule has 0 bridgehead atoms. The van der Waals surface area contributed by atoms with Crippen LogP contribution in [0.5, 0.6) is 0 Å².